The molecule has 5 nitrogen and oxygen atoms in total. The van der Waals surface area contributed by atoms with E-state index < -0.39 is 5.60 Å². The van der Waals surface area contributed by atoms with Gasteiger partial charge in [-0.3, -0.25) is 4.90 Å². The number of morpholine rings is 1. The van der Waals surface area contributed by atoms with Crippen LogP contribution in [0.2, 0.25) is 0 Å². The Labute approximate surface area is 139 Å². The molecule has 1 amide bonds. The first kappa shape index (κ1) is 17.8. The lowest BCUT2D eigenvalue weighted by molar-refractivity contribution is 0.0290. The maximum absolute atomic E-state index is 12.1. The SMILES string of the molecule is CC(C)(C)OC(=O)N[C@@H](Cc1ccccc1)CN1CCOCC1. The number of hydrogen-bond acceptors (Lipinski definition) is 4. The number of benzene rings is 1. The van der Waals surface area contributed by atoms with Crippen LogP contribution in [-0.2, 0) is 15.9 Å². The zero-order chi connectivity index (χ0) is 16.7. The highest BCUT2D eigenvalue weighted by Crippen LogP contribution is 2.10. The molecule has 1 aromatic rings. The highest BCUT2D eigenvalue weighted by molar-refractivity contribution is 5.68. The minimum Gasteiger partial charge on any atom is -0.444 e. The third kappa shape index (κ3) is 7.01. The van der Waals surface area contributed by atoms with E-state index in [1.165, 1.54) is 5.56 Å². The molecular formula is C18H28N2O3. The first-order valence-corrected chi connectivity index (χ1v) is 8.26. The molecule has 1 saturated heterocycles. The molecule has 2 rings (SSSR count). The fraction of sp³-hybridized carbons (Fsp3) is 0.611. The molecule has 0 unspecified atom stereocenters. The summed E-state index contributed by atoms with van der Waals surface area (Å²) >= 11 is 0. The molecular weight excluding hydrogens is 292 g/mol. The van der Waals surface area contributed by atoms with Gasteiger partial charge in [-0.25, -0.2) is 4.79 Å². The molecule has 1 aliphatic rings. The van der Waals surface area contributed by atoms with Crippen LogP contribution in [0.3, 0.4) is 0 Å². The van der Waals surface area contributed by atoms with Gasteiger partial charge in [0.2, 0.25) is 0 Å². The third-order valence-electron chi connectivity index (χ3n) is 3.63. The van der Waals surface area contributed by atoms with Gasteiger partial charge < -0.3 is 14.8 Å². The summed E-state index contributed by atoms with van der Waals surface area (Å²) in [5, 5.41) is 3.03. The number of nitrogens with zero attached hydrogens (tertiary/aromatic N) is 1. The molecule has 1 fully saturated rings. The first-order chi connectivity index (χ1) is 10.9. The van der Waals surface area contributed by atoms with Gasteiger partial charge in [-0.05, 0) is 32.8 Å². The lowest BCUT2D eigenvalue weighted by atomic mass is 10.1. The van der Waals surface area contributed by atoms with Gasteiger partial charge in [0.1, 0.15) is 5.60 Å². The van der Waals surface area contributed by atoms with Crippen LogP contribution in [0.5, 0.6) is 0 Å². The molecule has 0 spiro atoms. The van der Waals surface area contributed by atoms with E-state index in [-0.39, 0.29) is 12.1 Å². The average Bonchev–Trinajstić information content (AvgIpc) is 2.47. The number of ether oxygens (including phenoxy) is 2. The van der Waals surface area contributed by atoms with E-state index in [1.807, 2.05) is 39.0 Å². The van der Waals surface area contributed by atoms with Crippen LogP contribution < -0.4 is 5.32 Å². The number of rotatable bonds is 5. The molecule has 1 aliphatic heterocycles. The summed E-state index contributed by atoms with van der Waals surface area (Å²) in [5.41, 5.74) is 0.724. The van der Waals surface area contributed by atoms with Crippen LogP contribution in [0.15, 0.2) is 30.3 Å². The lowest BCUT2D eigenvalue weighted by Crippen LogP contribution is -2.49. The van der Waals surface area contributed by atoms with E-state index in [4.69, 9.17) is 9.47 Å². The summed E-state index contributed by atoms with van der Waals surface area (Å²) in [7, 11) is 0. The molecule has 0 aromatic heterocycles. The van der Waals surface area contributed by atoms with Gasteiger partial charge in [0.05, 0.1) is 13.2 Å². The molecule has 0 bridgehead atoms. The van der Waals surface area contributed by atoms with Crippen LogP contribution in [0.25, 0.3) is 0 Å². The zero-order valence-electron chi connectivity index (χ0n) is 14.4. The van der Waals surface area contributed by atoms with Gasteiger partial charge >= 0.3 is 6.09 Å². The summed E-state index contributed by atoms with van der Waals surface area (Å²) in [4.78, 5) is 14.5. The third-order valence-corrected chi connectivity index (χ3v) is 3.63. The Balaban J connectivity index is 1.96. The monoisotopic (exact) mass is 320 g/mol. The molecule has 1 aromatic carbocycles. The van der Waals surface area contributed by atoms with E-state index in [1.54, 1.807) is 0 Å². The van der Waals surface area contributed by atoms with Crippen molar-refractivity contribution in [3.8, 4) is 0 Å². The minimum absolute atomic E-state index is 0.0188. The Hall–Kier alpha value is -1.59. The normalized spacial score (nSPS) is 17.5. The Morgan fingerprint density at radius 2 is 1.91 bits per heavy atom. The van der Waals surface area contributed by atoms with Crippen LogP contribution in [-0.4, -0.2) is 55.5 Å². The van der Waals surface area contributed by atoms with E-state index in [0.717, 1.165) is 39.3 Å². The number of nitrogens with one attached hydrogen (secondary N) is 1. The molecule has 1 N–H and O–H groups in total. The van der Waals surface area contributed by atoms with Crippen molar-refractivity contribution in [1.29, 1.82) is 0 Å². The number of amides is 1. The van der Waals surface area contributed by atoms with Crippen molar-refractivity contribution in [2.75, 3.05) is 32.8 Å². The Bertz CT molecular complexity index is 479. The molecule has 0 aliphatic carbocycles. The Kier molecular flexibility index (Phi) is 6.42. The van der Waals surface area contributed by atoms with Crippen LogP contribution in [0, 0.1) is 0 Å². The van der Waals surface area contributed by atoms with Crippen molar-refractivity contribution < 1.29 is 14.3 Å². The van der Waals surface area contributed by atoms with E-state index in [2.05, 4.69) is 22.3 Å². The van der Waals surface area contributed by atoms with Gasteiger partial charge in [0, 0.05) is 25.7 Å². The quantitative estimate of drug-likeness (QED) is 0.905. The molecule has 1 atom stereocenters. The molecule has 128 valence electrons. The fourth-order valence-corrected chi connectivity index (χ4v) is 2.63. The van der Waals surface area contributed by atoms with E-state index >= 15 is 0 Å². The standard InChI is InChI=1S/C18H28N2O3/c1-18(2,3)23-17(21)19-16(13-15-7-5-4-6-8-15)14-20-9-11-22-12-10-20/h4-8,16H,9-14H2,1-3H3,(H,19,21)/t16-/m0/s1. The Morgan fingerprint density at radius 1 is 1.26 bits per heavy atom. The maximum Gasteiger partial charge on any atom is 0.407 e. The highest BCUT2D eigenvalue weighted by atomic mass is 16.6. The zero-order valence-corrected chi connectivity index (χ0v) is 14.4. The topological polar surface area (TPSA) is 50.8 Å². The summed E-state index contributed by atoms with van der Waals surface area (Å²) < 4.78 is 10.8. The average molecular weight is 320 g/mol. The summed E-state index contributed by atoms with van der Waals surface area (Å²) in [6.45, 7) is 9.75. The molecule has 0 saturated carbocycles. The van der Waals surface area contributed by atoms with Crippen LogP contribution in [0.1, 0.15) is 26.3 Å². The first-order valence-electron chi connectivity index (χ1n) is 8.26. The van der Waals surface area contributed by atoms with E-state index in [0.29, 0.717) is 0 Å². The summed E-state index contributed by atoms with van der Waals surface area (Å²) in [5.74, 6) is 0. The molecule has 5 heteroatoms. The Morgan fingerprint density at radius 3 is 2.52 bits per heavy atom. The van der Waals surface area contributed by atoms with Gasteiger partial charge in [0.25, 0.3) is 0 Å². The van der Waals surface area contributed by atoms with Crippen LogP contribution >= 0.6 is 0 Å². The number of carbonyl (C=O) groups excluding carboxylic acids is 1. The second-order valence-electron chi connectivity index (χ2n) is 6.95. The summed E-state index contributed by atoms with van der Waals surface area (Å²) in [6.07, 6.45) is 0.434. The smallest absolute Gasteiger partial charge is 0.407 e. The maximum atomic E-state index is 12.1. The van der Waals surface area contributed by atoms with Gasteiger partial charge in [-0.2, -0.15) is 0 Å². The van der Waals surface area contributed by atoms with Crippen molar-refractivity contribution in [2.24, 2.45) is 0 Å². The predicted octanol–water partition coefficient (Wildman–Crippen LogP) is 2.45. The fourth-order valence-electron chi connectivity index (χ4n) is 2.63. The van der Waals surface area contributed by atoms with Crippen molar-refractivity contribution in [3.63, 3.8) is 0 Å². The molecule has 1 heterocycles. The molecule has 0 radical (unpaired) electrons. The lowest BCUT2D eigenvalue weighted by Gasteiger charge is -2.31. The second-order valence-corrected chi connectivity index (χ2v) is 6.95. The van der Waals surface area contributed by atoms with Gasteiger partial charge in [-0.15, -0.1) is 0 Å². The van der Waals surface area contributed by atoms with Crippen molar-refractivity contribution in [3.05, 3.63) is 35.9 Å². The minimum atomic E-state index is -0.486. The number of hydrogen-bond donors (Lipinski definition) is 1. The van der Waals surface area contributed by atoms with Gasteiger partial charge in [0.15, 0.2) is 0 Å². The number of alkyl carbamates (subject to hydrolysis) is 1. The van der Waals surface area contributed by atoms with E-state index in [9.17, 15) is 4.79 Å². The van der Waals surface area contributed by atoms with Crippen molar-refractivity contribution in [2.45, 2.75) is 38.8 Å². The van der Waals surface area contributed by atoms with Crippen LogP contribution in [0.4, 0.5) is 4.79 Å². The molecule has 23 heavy (non-hydrogen) atoms. The van der Waals surface area contributed by atoms with Gasteiger partial charge in [-0.1, -0.05) is 30.3 Å². The summed E-state index contributed by atoms with van der Waals surface area (Å²) in [6, 6.07) is 10.2. The second kappa shape index (κ2) is 8.31. The number of carbonyl (C=O) groups is 1. The predicted molar refractivity (Wildman–Crippen MR) is 90.6 cm³/mol. The van der Waals surface area contributed by atoms with Crippen molar-refractivity contribution >= 4 is 6.09 Å². The van der Waals surface area contributed by atoms with Crippen molar-refractivity contribution in [1.82, 2.24) is 10.2 Å². The highest BCUT2D eigenvalue weighted by Gasteiger charge is 2.22. The largest absolute Gasteiger partial charge is 0.444 e.